The first kappa shape index (κ1) is 14.9. The maximum atomic E-state index is 12.8. The van der Waals surface area contributed by atoms with Crippen LogP contribution in [0.1, 0.15) is 18.4 Å². The summed E-state index contributed by atoms with van der Waals surface area (Å²) in [6.45, 7) is 4.55. The number of amides is 1. The van der Waals surface area contributed by atoms with E-state index in [1.165, 1.54) is 0 Å². The number of carbonyl (C=O) groups is 1. The average molecular weight is 291 g/mol. The minimum Gasteiger partial charge on any atom is -0.392 e. The van der Waals surface area contributed by atoms with Crippen molar-refractivity contribution in [1.29, 1.82) is 0 Å². The number of nitrogens with two attached hydrogens (primary N) is 1. The monoisotopic (exact) mass is 291 g/mol. The van der Waals surface area contributed by atoms with Gasteiger partial charge in [-0.15, -0.1) is 0 Å². The first-order chi connectivity index (χ1) is 9.50. The number of rotatable bonds is 3. The van der Waals surface area contributed by atoms with Gasteiger partial charge < -0.3 is 15.5 Å². The molecule has 0 bridgehead atoms. The van der Waals surface area contributed by atoms with Gasteiger partial charge in [-0.1, -0.05) is 42.5 Å². The summed E-state index contributed by atoms with van der Waals surface area (Å²) < 4.78 is 0. The lowest BCUT2D eigenvalue weighted by molar-refractivity contribution is -0.135. The van der Waals surface area contributed by atoms with E-state index in [1.807, 2.05) is 35.2 Å². The van der Waals surface area contributed by atoms with E-state index >= 15 is 0 Å². The van der Waals surface area contributed by atoms with E-state index in [-0.39, 0.29) is 16.9 Å². The van der Waals surface area contributed by atoms with Crippen LogP contribution in [-0.2, 0) is 4.79 Å². The molecule has 108 valence electrons. The minimum absolute atomic E-state index is 0.0179. The summed E-state index contributed by atoms with van der Waals surface area (Å²) >= 11 is 5.13. The second-order valence-electron chi connectivity index (χ2n) is 5.39. The highest BCUT2D eigenvalue weighted by Crippen LogP contribution is 2.21. The second kappa shape index (κ2) is 6.33. The Labute approximate surface area is 125 Å². The predicted octanol–water partition coefficient (Wildman–Crippen LogP) is 1.22. The Morgan fingerprint density at radius 1 is 1.35 bits per heavy atom. The van der Waals surface area contributed by atoms with Gasteiger partial charge in [0.1, 0.15) is 5.92 Å². The molecule has 1 heterocycles. The highest BCUT2D eigenvalue weighted by atomic mass is 32.1. The molecule has 2 N–H and O–H groups in total. The number of hydrogen-bond acceptors (Lipinski definition) is 3. The number of carbonyl (C=O) groups excluding carboxylic acids is 1. The first-order valence-electron chi connectivity index (χ1n) is 6.84. The van der Waals surface area contributed by atoms with E-state index in [9.17, 15) is 4.79 Å². The largest absolute Gasteiger partial charge is 0.392 e. The molecule has 1 aliphatic rings. The Bertz CT molecular complexity index is 491. The molecule has 1 fully saturated rings. The Balaban J connectivity index is 2.22. The van der Waals surface area contributed by atoms with Crippen LogP contribution in [0.3, 0.4) is 0 Å². The van der Waals surface area contributed by atoms with Crippen LogP contribution in [0.15, 0.2) is 30.3 Å². The zero-order valence-corrected chi connectivity index (χ0v) is 12.8. The van der Waals surface area contributed by atoms with Gasteiger partial charge in [0.15, 0.2) is 0 Å². The van der Waals surface area contributed by atoms with Crippen molar-refractivity contribution >= 4 is 23.1 Å². The topological polar surface area (TPSA) is 49.6 Å². The summed E-state index contributed by atoms with van der Waals surface area (Å²) in [6.07, 6.45) is 0. The van der Waals surface area contributed by atoms with E-state index in [0.29, 0.717) is 0 Å². The van der Waals surface area contributed by atoms with Gasteiger partial charge in [-0.25, -0.2) is 0 Å². The zero-order chi connectivity index (χ0) is 14.7. The Hall–Kier alpha value is -1.46. The lowest BCUT2D eigenvalue weighted by Gasteiger charge is -2.39. The number of benzene rings is 1. The molecule has 2 atom stereocenters. The summed E-state index contributed by atoms with van der Waals surface area (Å²) in [4.78, 5) is 17.2. The van der Waals surface area contributed by atoms with Crippen molar-refractivity contribution in [3.05, 3.63) is 35.9 Å². The standard InChI is InChI=1S/C15H21N3OS/c1-11-10-17(2)8-9-18(11)15(19)13(14(16)20)12-6-4-3-5-7-12/h3-7,11,13H,8-10H2,1-2H3,(H2,16,20). The molecule has 1 aromatic rings. The van der Waals surface area contributed by atoms with E-state index in [2.05, 4.69) is 18.9 Å². The van der Waals surface area contributed by atoms with E-state index in [1.54, 1.807) is 0 Å². The molecule has 1 amide bonds. The second-order valence-corrected chi connectivity index (χ2v) is 5.86. The van der Waals surface area contributed by atoms with Crippen LogP contribution in [0.5, 0.6) is 0 Å². The summed E-state index contributed by atoms with van der Waals surface area (Å²) in [5.74, 6) is -0.499. The third kappa shape index (κ3) is 3.16. The van der Waals surface area contributed by atoms with Gasteiger partial charge >= 0.3 is 0 Å². The predicted molar refractivity (Wildman–Crippen MR) is 84.6 cm³/mol. The molecule has 0 radical (unpaired) electrons. The van der Waals surface area contributed by atoms with Gasteiger partial charge in [-0.3, -0.25) is 4.79 Å². The molecule has 1 saturated heterocycles. The van der Waals surface area contributed by atoms with E-state index in [0.717, 1.165) is 25.2 Å². The van der Waals surface area contributed by atoms with E-state index < -0.39 is 5.92 Å². The molecule has 1 aromatic carbocycles. The fraction of sp³-hybridized carbons (Fsp3) is 0.467. The summed E-state index contributed by atoms with van der Waals surface area (Å²) in [5.41, 5.74) is 6.69. The van der Waals surface area contributed by atoms with Crippen molar-refractivity contribution in [1.82, 2.24) is 9.80 Å². The molecular formula is C15H21N3OS. The molecule has 0 aliphatic carbocycles. The third-order valence-corrected chi connectivity index (χ3v) is 4.01. The first-order valence-corrected chi connectivity index (χ1v) is 7.25. The molecule has 0 aromatic heterocycles. The van der Waals surface area contributed by atoms with Gasteiger partial charge in [-0.05, 0) is 19.5 Å². The van der Waals surface area contributed by atoms with Crippen molar-refractivity contribution in [3.63, 3.8) is 0 Å². The summed E-state index contributed by atoms with van der Waals surface area (Å²) in [7, 11) is 2.07. The maximum Gasteiger partial charge on any atom is 0.237 e. The van der Waals surface area contributed by atoms with Crippen LogP contribution in [0, 0.1) is 0 Å². The van der Waals surface area contributed by atoms with Crippen LogP contribution in [0.4, 0.5) is 0 Å². The average Bonchev–Trinajstić information content (AvgIpc) is 2.39. The highest BCUT2D eigenvalue weighted by Gasteiger charge is 2.33. The Morgan fingerprint density at radius 3 is 2.55 bits per heavy atom. The van der Waals surface area contributed by atoms with Crippen molar-refractivity contribution in [2.24, 2.45) is 5.73 Å². The normalized spacial score (nSPS) is 21.5. The molecule has 0 saturated carbocycles. The zero-order valence-electron chi connectivity index (χ0n) is 12.0. The fourth-order valence-electron chi connectivity index (χ4n) is 2.71. The van der Waals surface area contributed by atoms with Gasteiger partial charge in [0.2, 0.25) is 5.91 Å². The number of piperazine rings is 1. The number of nitrogens with zero attached hydrogens (tertiary/aromatic N) is 2. The summed E-state index contributed by atoms with van der Waals surface area (Å²) in [6, 6.07) is 9.72. The molecule has 20 heavy (non-hydrogen) atoms. The van der Waals surface area contributed by atoms with Crippen LogP contribution < -0.4 is 5.73 Å². The van der Waals surface area contributed by atoms with Crippen molar-refractivity contribution < 1.29 is 4.79 Å². The molecule has 5 heteroatoms. The van der Waals surface area contributed by atoms with Gasteiger partial charge in [0, 0.05) is 25.7 Å². The van der Waals surface area contributed by atoms with Crippen LogP contribution >= 0.6 is 12.2 Å². The third-order valence-electron chi connectivity index (χ3n) is 3.78. The smallest absolute Gasteiger partial charge is 0.237 e. The van der Waals surface area contributed by atoms with Gasteiger partial charge in [0.25, 0.3) is 0 Å². The minimum atomic E-state index is -0.517. The molecular weight excluding hydrogens is 270 g/mol. The number of thiocarbonyl (C=S) groups is 1. The van der Waals surface area contributed by atoms with Crippen LogP contribution in [0.25, 0.3) is 0 Å². The Morgan fingerprint density at radius 2 is 2.00 bits per heavy atom. The quantitative estimate of drug-likeness (QED) is 0.851. The molecule has 1 aliphatic heterocycles. The number of hydrogen-bond donors (Lipinski definition) is 1. The molecule has 2 rings (SSSR count). The number of likely N-dealkylation sites (N-methyl/N-ethyl adjacent to an activating group) is 1. The molecule has 4 nitrogen and oxygen atoms in total. The molecule has 2 unspecified atom stereocenters. The Kier molecular flexibility index (Phi) is 4.73. The van der Waals surface area contributed by atoms with Crippen molar-refractivity contribution in [2.45, 2.75) is 18.9 Å². The molecule has 0 spiro atoms. The lowest BCUT2D eigenvalue weighted by atomic mass is 9.96. The summed E-state index contributed by atoms with van der Waals surface area (Å²) in [5, 5.41) is 0. The lowest BCUT2D eigenvalue weighted by Crippen LogP contribution is -2.54. The maximum absolute atomic E-state index is 12.8. The van der Waals surface area contributed by atoms with Gasteiger partial charge in [-0.2, -0.15) is 0 Å². The SMILES string of the molecule is CC1CN(C)CCN1C(=O)C(C(N)=S)c1ccccc1. The van der Waals surface area contributed by atoms with E-state index in [4.69, 9.17) is 18.0 Å². The van der Waals surface area contributed by atoms with Crippen molar-refractivity contribution in [3.8, 4) is 0 Å². The highest BCUT2D eigenvalue weighted by molar-refractivity contribution is 7.80. The fourth-order valence-corrected chi connectivity index (χ4v) is 2.94. The van der Waals surface area contributed by atoms with Crippen molar-refractivity contribution in [2.75, 3.05) is 26.7 Å². The van der Waals surface area contributed by atoms with Crippen LogP contribution in [0.2, 0.25) is 0 Å². The van der Waals surface area contributed by atoms with Gasteiger partial charge in [0.05, 0.1) is 4.99 Å². The van der Waals surface area contributed by atoms with Crippen LogP contribution in [-0.4, -0.2) is 53.4 Å².